The molecule has 1 atom stereocenters. The average Bonchev–Trinajstić information content (AvgIpc) is 3.05. The van der Waals surface area contributed by atoms with Crippen LogP contribution in [0.1, 0.15) is 38.1 Å². The SMILES string of the molecule is Cc1cnc(C(C)NC(=O)c2csc(C#CCN)c2)s1. The molecule has 0 aliphatic rings. The number of carbonyl (C=O) groups excluding carboxylic acids is 1. The van der Waals surface area contributed by atoms with E-state index in [1.807, 2.05) is 20.0 Å². The zero-order valence-corrected chi connectivity index (χ0v) is 12.9. The average molecular weight is 305 g/mol. The second kappa shape index (κ2) is 6.66. The van der Waals surface area contributed by atoms with Crippen LogP contribution in [0.5, 0.6) is 0 Å². The van der Waals surface area contributed by atoms with Gasteiger partial charge in [-0.1, -0.05) is 11.8 Å². The highest BCUT2D eigenvalue weighted by atomic mass is 32.1. The van der Waals surface area contributed by atoms with E-state index in [1.54, 1.807) is 22.8 Å². The molecule has 2 rings (SSSR count). The highest BCUT2D eigenvalue weighted by Gasteiger charge is 2.15. The van der Waals surface area contributed by atoms with Crippen LogP contribution in [0.2, 0.25) is 0 Å². The smallest absolute Gasteiger partial charge is 0.252 e. The van der Waals surface area contributed by atoms with Crippen LogP contribution in [-0.2, 0) is 0 Å². The lowest BCUT2D eigenvalue weighted by molar-refractivity contribution is 0.0940. The zero-order valence-electron chi connectivity index (χ0n) is 11.3. The Balaban J connectivity index is 2.02. The Kier molecular flexibility index (Phi) is 4.90. The number of nitrogens with two attached hydrogens (primary N) is 1. The maximum absolute atomic E-state index is 12.1. The van der Waals surface area contributed by atoms with Crippen LogP contribution in [0, 0.1) is 18.8 Å². The topological polar surface area (TPSA) is 68.0 Å². The number of nitrogens with zero attached hydrogens (tertiary/aromatic N) is 1. The molecular weight excluding hydrogens is 290 g/mol. The fraction of sp³-hybridized carbons (Fsp3) is 0.286. The van der Waals surface area contributed by atoms with Crippen LogP contribution in [0.15, 0.2) is 17.6 Å². The standard InChI is InChI=1S/C14H15N3OS2/c1-9-7-16-14(20-9)10(2)17-13(18)11-6-12(19-8-11)4-3-5-15/h6-8,10H,5,15H2,1-2H3,(H,17,18). The van der Waals surface area contributed by atoms with Crippen LogP contribution >= 0.6 is 22.7 Å². The third-order valence-corrected chi connectivity index (χ3v) is 4.47. The van der Waals surface area contributed by atoms with Crippen molar-refractivity contribution in [1.29, 1.82) is 0 Å². The van der Waals surface area contributed by atoms with E-state index in [9.17, 15) is 4.79 Å². The van der Waals surface area contributed by atoms with Gasteiger partial charge >= 0.3 is 0 Å². The van der Waals surface area contributed by atoms with Gasteiger partial charge in [0.15, 0.2) is 0 Å². The summed E-state index contributed by atoms with van der Waals surface area (Å²) in [5.41, 5.74) is 5.94. The molecule has 2 aromatic rings. The number of rotatable bonds is 3. The van der Waals surface area contributed by atoms with Crippen LogP contribution in [0.25, 0.3) is 0 Å². The van der Waals surface area contributed by atoms with Gasteiger partial charge in [0.2, 0.25) is 0 Å². The number of aromatic nitrogens is 1. The van der Waals surface area contributed by atoms with E-state index in [-0.39, 0.29) is 11.9 Å². The van der Waals surface area contributed by atoms with E-state index < -0.39 is 0 Å². The first kappa shape index (κ1) is 14.7. The van der Waals surface area contributed by atoms with Crippen molar-refractivity contribution in [2.75, 3.05) is 6.54 Å². The van der Waals surface area contributed by atoms with Crippen molar-refractivity contribution in [2.24, 2.45) is 5.73 Å². The molecule has 0 bridgehead atoms. The summed E-state index contributed by atoms with van der Waals surface area (Å²) < 4.78 is 0. The van der Waals surface area contributed by atoms with Crippen molar-refractivity contribution in [1.82, 2.24) is 10.3 Å². The van der Waals surface area contributed by atoms with E-state index in [0.29, 0.717) is 12.1 Å². The van der Waals surface area contributed by atoms with E-state index in [4.69, 9.17) is 5.73 Å². The molecule has 0 spiro atoms. The molecule has 20 heavy (non-hydrogen) atoms. The Hall–Kier alpha value is -1.68. The van der Waals surface area contributed by atoms with E-state index in [2.05, 4.69) is 22.1 Å². The number of aryl methyl sites for hydroxylation is 1. The molecule has 0 radical (unpaired) electrons. The normalized spacial score (nSPS) is 11.6. The minimum Gasteiger partial charge on any atom is -0.343 e. The van der Waals surface area contributed by atoms with E-state index >= 15 is 0 Å². The summed E-state index contributed by atoms with van der Waals surface area (Å²) in [5, 5.41) is 5.65. The fourth-order valence-electron chi connectivity index (χ4n) is 1.57. The molecule has 0 saturated carbocycles. The van der Waals surface area contributed by atoms with E-state index in [0.717, 1.165) is 14.8 Å². The third-order valence-electron chi connectivity index (χ3n) is 2.53. The molecule has 0 aromatic carbocycles. The number of hydrogen-bond donors (Lipinski definition) is 2. The van der Waals surface area contributed by atoms with Crippen molar-refractivity contribution in [3.8, 4) is 11.8 Å². The van der Waals surface area contributed by atoms with Gasteiger partial charge in [0, 0.05) is 16.5 Å². The Morgan fingerprint density at radius 3 is 3.05 bits per heavy atom. The van der Waals surface area contributed by atoms with Crippen LogP contribution in [0.3, 0.4) is 0 Å². The summed E-state index contributed by atoms with van der Waals surface area (Å²) in [7, 11) is 0. The van der Waals surface area contributed by atoms with Gasteiger partial charge in [-0.05, 0) is 19.9 Å². The van der Waals surface area contributed by atoms with Gasteiger partial charge < -0.3 is 11.1 Å². The van der Waals surface area contributed by atoms with Crippen LogP contribution in [-0.4, -0.2) is 17.4 Å². The van der Waals surface area contributed by atoms with Gasteiger partial charge in [-0.3, -0.25) is 4.79 Å². The molecule has 104 valence electrons. The summed E-state index contributed by atoms with van der Waals surface area (Å²) in [6, 6.07) is 1.68. The molecule has 0 aliphatic carbocycles. The quantitative estimate of drug-likeness (QED) is 0.855. The molecule has 0 aliphatic heterocycles. The van der Waals surface area contributed by atoms with Crippen molar-refractivity contribution in [3.63, 3.8) is 0 Å². The van der Waals surface area contributed by atoms with Gasteiger partial charge in [-0.2, -0.15) is 0 Å². The number of thiophene rings is 1. The molecule has 2 heterocycles. The molecule has 1 unspecified atom stereocenters. The van der Waals surface area contributed by atoms with Crippen LogP contribution in [0.4, 0.5) is 0 Å². The molecular formula is C14H15N3OS2. The van der Waals surface area contributed by atoms with Crippen molar-refractivity contribution >= 4 is 28.6 Å². The Labute approximate surface area is 126 Å². The van der Waals surface area contributed by atoms with E-state index in [1.165, 1.54) is 11.3 Å². The molecule has 1 amide bonds. The van der Waals surface area contributed by atoms with Crippen molar-refractivity contribution in [2.45, 2.75) is 19.9 Å². The number of amides is 1. The van der Waals surface area contributed by atoms with Crippen molar-refractivity contribution < 1.29 is 4.79 Å². The van der Waals surface area contributed by atoms with Gasteiger partial charge in [0.1, 0.15) is 5.01 Å². The lowest BCUT2D eigenvalue weighted by Gasteiger charge is -2.09. The fourth-order valence-corrected chi connectivity index (χ4v) is 3.10. The van der Waals surface area contributed by atoms with Gasteiger partial charge in [-0.25, -0.2) is 4.98 Å². The predicted octanol–water partition coefficient (Wildman–Crippen LogP) is 2.31. The molecule has 3 N–H and O–H groups in total. The number of hydrogen-bond acceptors (Lipinski definition) is 5. The minimum atomic E-state index is -0.109. The zero-order chi connectivity index (χ0) is 14.5. The monoisotopic (exact) mass is 305 g/mol. The van der Waals surface area contributed by atoms with Gasteiger partial charge in [0.25, 0.3) is 5.91 Å². The highest BCUT2D eigenvalue weighted by Crippen LogP contribution is 2.20. The highest BCUT2D eigenvalue weighted by molar-refractivity contribution is 7.11. The number of carbonyl (C=O) groups is 1. The lowest BCUT2D eigenvalue weighted by Crippen LogP contribution is -2.26. The summed E-state index contributed by atoms with van der Waals surface area (Å²) in [6.07, 6.45) is 1.81. The van der Waals surface area contributed by atoms with Gasteiger partial charge in [0.05, 0.1) is 23.0 Å². The predicted molar refractivity (Wildman–Crippen MR) is 83.0 cm³/mol. The summed E-state index contributed by atoms with van der Waals surface area (Å²) in [4.78, 5) is 18.4. The molecule has 0 fully saturated rings. The molecule has 4 nitrogen and oxygen atoms in total. The summed E-state index contributed by atoms with van der Waals surface area (Å²) in [5.74, 6) is 5.59. The second-order valence-electron chi connectivity index (χ2n) is 4.21. The lowest BCUT2D eigenvalue weighted by atomic mass is 10.2. The summed E-state index contributed by atoms with van der Waals surface area (Å²) in [6.45, 7) is 4.24. The Bertz CT molecular complexity index is 663. The van der Waals surface area contributed by atoms with Gasteiger partial charge in [-0.15, -0.1) is 22.7 Å². The summed E-state index contributed by atoms with van der Waals surface area (Å²) >= 11 is 3.03. The largest absolute Gasteiger partial charge is 0.343 e. The number of thiazole rings is 1. The molecule has 2 aromatic heterocycles. The van der Waals surface area contributed by atoms with Crippen LogP contribution < -0.4 is 11.1 Å². The second-order valence-corrected chi connectivity index (χ2v) is 6.39. The number of nitrogens with one attached hydrogen (secondary N) is 1. The minimum absolute atomic E-state index is 0.0975. The first-order chi connectivity index (χ1) is 9.60. The molecule has 6 heteroatoms. The Morgan fingerprint density at radius 2 is 2.40 bits per heavy atom. The van der Waals surface area contributed by atoms with Crippen molar-refractivity contribution in [3.05, 3.63) is 38.0 Å². The molecule has 0 saturated heterocycles. The maximum Gasteiger partial charge on any atom is 0.252 e. The Morgan fingerprint density at radius 1 is 1.60 bits per heavy atom. The maximum atomic E-state index is 12.1. The first-order valence-corrected chi connectivity index (χ1v) is 7.80. The third kappa shape index (κ3) is 3.67. The first-order valence-electron chi connectivity index (χ1n) is 6.11.